The van der Waals surface area contributed by atoms with E-state index in [0.717, 1.165) is 29.1 Å². The van der Waals surface area contributed by atoms with E-state index in [4.69, 9.17) is 0 Å². The molecule has 0 aliphatic heterocycles. The van der Waals surface area contributed by atoms with Crippen molar-refractivity contribution in [2.45, 2.75) is 36.6 Å². The molecule has 1 aliphatic rings. The molecule has 1 aromatic rings. The zero-order valence-electron chi connectivity index (χ0n) is 10.8. The topological polar surface area (TPSA) is 46.2 Å². The average Bonchev–Trinajstić information content (AvgIpc) is 2.41. The molecule has 0 amide bonds. The number of halogens is 3. The lowest BCUT2D eigenvalue weighted by Gasteiger charge is -2.30. The highest BCUT2D eigenvalue weighted by atomic mass is 79.9. The van der Waals surface area contributed by atoms with E-state index in [9.17, 15) is 8.42 Å². The van der Waals surface area contributed by atoms with E-state index in [0.29, 0.717) is 10.4 Å². The minimum atomic E-state index is -3.50. The lowest BCUT2D eigenvalue weighted by Crippen LogP contribution is -2.42. The normalized spacial score (nSPS) is 23.8. The summed E-state index contributed by atoms with van der Waals surface area (Å²) >= 11 is 10.1. The summed E-state index contributed by atoms with van der Waals surface area (Å²) in [5, 5.41) is 0.833. The van der Waals surface area contributed by atoms with Crippen molar-refractivity contribution >= 4 is 57.8 Å². The fraction of sp³-hybridized carbons (Fsp3) is 0.538. The molecule has 1 N–H and O–H groups in total. The van der Waals surface area contributed by atoms with Gasteiger partial charge in [0.15, 0.2) is 0 Å². The molecule has 2 atom stereocenters. The van der Waals surface area contributed by atoms with E-state index >= 15 is 0 Å². The molecule has 1 aromatic carbocycles. The van der Waals surface area contributed by atoms with Crippen molar-refractivity contribution in [1.29, 1.82) is 0 Å². The largest absolute Gasteiger partial charge is 0.241 e. The molecule has 0 heterocycles. The van der Waals surface area contributed by atoms with E-state index < -0.39 is 10.0 Å². The summed E-state index contributed by atoms with van der Waals surface area (Å²) in [6.07, 6.45) is 4.23. The first-order chi connectivity index (χ1) is 9.44. The van der Waals surface area contributed by atoms with Gasteiger partial charge < -0.3 is 0 Å². The van der Waals surface area contributed by atoms with Crippen molar-refractivity contribution < 1.29 is 8.42 Å². The molecule has 0 bridgehead atoms. The Morgan fingerprint density at radius 1 is 1.20 bits per heavy atom. The average molecular weight is 490 g/mol. The Bertz CT molecular complexity index is 577. The van der Waals surface area contributed by atoms with Gasteiger partial charge in [-0.25, -0.2) is 13.1 Å². The molecule has 3 nitrogen and oxygen atoms in total. The molecule has 2 rings (SSSR count). The molecule has 0 radical (unpaired) electrons. The summed E-state index contributed by atoms with van der Waals surface area (Å²) in [6.45, 7) is 0. The van der Waals surface area contributed by atoms with Crippen molar-refractivity contribution in [2.24, 2.45) is 5.92 Å². The van der Waals surface area contributed by atoms with Crippen molar-refractivity contribution in [2.75, 3.05) is 5.33 Å². The third-order valence-electron chi connectivity index (χ3n) is 3.60. The molecule has 2 unspecified atom stereocenters. The van der Waals surface area contributed by atoms with Gasteiger partial charge in [-0.1, -0.05) is 44.7 Å². The summed E-state index contributed by atoms with van der Waals surface area (Å²) in [5.41, 5.74) is 0. The van der Waals surface area contributed by atoms with Crippen LogP contribution in [0, 0.1) is 5.92 Å². The van der Waals surface area contributed by atoms with E-state index in [-0.39, 0.29) is 10.9 Å². The standard InChI is InChI=1S/C13H16Br3NO2S/c14-8-9-3-1-2-4-12(9)17-20(18,19)13-7-10(15)5-6-11(13)16/h5-7,9,12,17H,1-4,8H2. The Hall–Kier alpha value is 0.570. The van der Waals surface area contributed by atoms with Crippen molar-refractivity contribution in [3.8, 4) is 0 Å². The second-order valence-corrected chi connectivity index (χ2v) is 9.10. The number of rotatable bonds is 4. The Morgan fingerprint density at radius 2 is 1.90 bits per heavy atom. The number of sulfonamides is 1. The molecule has 0 saturated heterocycles. The van der Waals surface area contributed by atoms with Crippen LogP contribution < -0.4 is 4.72 Å². The van der Waals surface area contributed by atoms with E-state index in [1.807, 2.05) is 6.07 Å². The molecule has 1 saturated carbocycles. The van der Waals surface area contributed by atoms with Crippen molar-refractivity contribution in [3.63, 3.8) is 0 Å². The highest BCUT2D eigenvalue weighted by Gasteiger charge is 2.29. The van der Waals surface area contributed by atoms with Gasteiger partial charge in [-0.2, -0.15) is 0 Å². The van der Waals surface area contributed by atoms with Gasteiger partial charge in [-0.3, -0.25) is 0 Å². The number of benzene rings is 1. The van der Waals surface area contributed by atoms with Gasteiger partial charge in [0, 0.05) is 20.3 Å². The zero-order valence-corrected chi connectivity index (χ0v) is 16.4. The van der Waals surface area contributed by atoms with Crippen LogP contribution in [0.1, 0.15) is 25.7 Å². The minimum absolute atomic E-state index is 0.0130. The lowest BCUT2D eigenvalue weighted by atomic mass is 9.87. The Balaban J connectivity index is 2.24. The fourth-order valence-corrected chi connectivity index (χ4v) is 6.11. The Labute approximate surface area is 145 Å². The van der Waals surface area contributed by atoms with Crippen LogP contribution in [0.4, 0.5) is 0 Å². The lowest BCUT2D eigenvalue weighted by molar-refractivity contribution is 0.316. The second-order valence-electron chi connectivity index (χ2n) is 5.00. The van der Waals surface area contributed by atoms with Gasteiger partial charge in [0.25, 0.3) is 0 Å². The van der Waals surface area contributed by atoms with Gasteiger partial charge in [0.05, 0.1) is 4.90 Å². The summed E-state index contributed by atoms with van der Waals surface area (Å²) in [7, 11) is -3.50. The fourth-order valence-electron chi connectivity index (χ4n) is 2.49. The summed E-state index contributed by atoms with van der Waals surface area (Å²) < 4.78 is 29.3. The Morgan fingerprint density at radius 3 is 2.60 bits per heavy atom. The van der Waals surface area contributed by atoms with Gasteiger partial charge >= 0.3 is 0 Å². The van der Waals surface area contributed by atoms with Gasteiger partial charge in [-0.15, -0.1) is 0 Å². The molecule has 1 aliphatic carbocycles. The predicted molar refractivity (Wildman–Crippen MR) is 91.7 cm³/mol. The number of alkyl halides is 1. The minimum Gasteiger partial charge on any atom is -0.208 e. The first-order valence-corrected chi connectivity index (χ1v) is 10.7. The van der Waals surface area contributed by atoms with Crippen LogP contribution in [0.5, 0.6) is 0 Å². The molecular formula is C13H16Br3NO2S. The molecule has 1 fully saturated rings. The van der Waals surface area contributed by atoms with Gasteiger partial charge in [0.2, 0.25) is 10.0 Å². The van der Waals surface area contributed by atoms with Crippen LogP contribution in [-0.4, -0.2) is 19.8 Å². The van der Waals surface area contributed by atoms with Crippen molar-refractivity contribution in [3.05, 3.63) is 27.1 Å². The van der Waals surface area contributed by atoms with Crippen LogP contribution in [0.15, 0.2) is 32.0 Å². The number of nitrogens with one attached hydrogen (secondary N) is 1. The van der Waals surface area contributed by atoms with Crippen LogP contribution >= 0.6 is 47.8 Å². The molecule has 112 valence electrons. The maximum atomic E-state index is 12.6. The summed E-state index contributed by atoms with van der Waals surface area (Å²) in [6, 6.07) is 5.18. The smallest absolute Gasteiger partial charge is 0.208 e. The van der Waals surface area contributed by atoms with Crippen LogP contribution in [0.3, 0.4) is 0 Å². The zero-order chi connectivity index (χ0) is 14.8. The molecule has 0 aromatic heterocycles. The monoisotopic (exact) mass is 487 g/mol. The van der Waals surface area contributed by atoms with E-state index in [1.165, 1.54) is 6.42 Å². The highest BCUT2D eigenvalue weighted by Crippen LogP contribution is 2.30. The maximum Gasteiger partial charge on any atom is 0.241 e. The maximum absolute atomic E-state index is 12.6. The van der Waals surface area contributed by atoms with Gasteiger partial charge in [0.1, 0.15) is 0 Å². The van der Waals surface area contributed by atoms with E-state index in [2.05, 4.69) is 52.5 Å². The molecule has 20 heavy (non-hydrogen) atoms. The third-order valence-corrected chi connectivity index (χ3v) is 7.41. The molecule has 0 spiro atoms. The number of hydrogen-bond acceptors (Lipinski definition) is 2. The number of hydrogen-bond donors (Lipinski definition) is 1. The second kappa shape index (κ2) is 7.22. The third kappa shape index (κ3) is 4.06. The summed E-state index contributed by atoms with van der Waals surface area (Å²) in [5.74, 6) is 0.365. The van der Waals surface area contributed by atoms with Gasteiger partial charge in [-0.05, 0) is 52.9 Å². The van der Waals surface area contributed by atoms with Crippen molar-refractivity contribution in [1.82, 2.24) is 4.72 Å². The SMILES string of the molecule is O=S(=O)(NC1CCCCC1CBr)c1cc(Br)ccc1Br. The quantitative estimate of drug-likeness (QED) is 0.635. The molecular weight excluding hydrogens is 474 g/mol. The van der Waals surface area contributed by atoms with E-state index in [1.54, 1.807) is 12.1 Å². The first kappa shape index (κ1) is 16.9. The highest BCUT2D eigenvalue weighted by molar-refractivity contribution is 9.11. The Kier molecular flexibility index (Phi) is 6.11. The molecule has 7 heteroatoms. The summed E-state index contributed by atoms with van der Waals surface area (Å²) in [4.78, 5) is 0.283. The predicted octanol–water partition coefficient (Wildman–Crippen LogP) is 4.44. The van der Waals surface area contributed by atoms with Crippen LogP contribution in [0.25, 0.3) is 0 Å². The first-order valence-electron chi connectivity index (χ1n) is 6.47. The van der Waals surface area contributed by atoms with Crippen LogP contribution in [-0.2, 0) is 10.0 Å². The van der Waals surface area contributed by atoms with Crippen LogP contribution in [0.2, 0.25) is 0 Å².